The molecule has 0 aromatic heterocycles. The molecule has 0 radical (unpaired) electrons. The van der Waals surface area contributed by atoms with E-state index in [1.165, 1.54) is 6.07 Å². The largest absolute Gasteiger partial charge is 0.393 e. The highest BCUT2D eigenvalue weighted by molar-refractivity contribution is 6.31. The summed E-state index contributed by atoms with van der Waals surface area (Å²) in [6, 6.07) is 8.50. The monoisotopic (exact) mass is 561 g/mol. The Morgan fingerprint density at radius 1 is 1.16 bits per heavy atom. The second kappa shape index (κ2) is 10.1. The number of nitrogens with one attached hydrogen (secondary N) is 3. The molecule has 38 heavy (non-hydrogen) atoms. The van der Waals surface area contributed by atoms with Crippen molar-refractivity contribution in [3.05, 3.63) is 63.4 Å². The molecule has 1 saturated heterocycles. The van der Waals surface area contributed by atoms with Crippen LogP contribution < -0.4 is 16.0 Å². The molecular formula is C29H34Cl2FN3O3. The Labute approximate surface area is 232 Å². The van der Waals surface area contributed by atoms with E-state index in [0.717, 1.165) is 0 Å². The van der Waals surface area contributed by atoms with E-state index in [1.807, 2.05) is 6.07 Å². The fourth-order valence-corrected chi connectivity index (χ4v) is 7.02. The molecule has 4 N–H and O–H groups in total. The molecule has 2 heterocycles. The van der Waals surface area contributed by atoms with Crippen LogP contribution in [0, 0.1) is 11.2 Å². The summed E-state index contributed by atoms with van der Waals surface area (Å²) in [4.78, 5) is 28.1. The van der Waals surface area contributed by atoms with Crippen molar-refractivity contribution < 1.29 is 19.1 Å². The Hall–Kier alpha value is -2.19. The first-order valence-electron chi connectivity index (χ1n) is 13.2. The van der Waals surface area contributed by atoms with Gasteiger partial charge in [0.15, 0.2) is 0 Å². The van der Waals surface area contributed by atoms with E-state index in [-0.39, 0.29) is 40.0 Å². The molecule has 1 saturated carbocycles. The highest BCUT2D eigenvalue weighted by atomic mass is 35.5. The SMILES string of the molecule is CC(C)(C)C[C@@H]1N[C@@H](C(=O)N[C@H]2CC[C@@H](O)CC2)[C@H](c2cccc(Cl)c2F)[C@]12C(=O)Nc1cc(Cl)ccc12. The molecule has 1 spiro atoms. The van der Waals surface area contributed by atoms with Crippen LogP contribution in [0.4, 0.5) is 10.1 Å². The second-order valence-corrected chi connectivity index (χ2v) is 13.0. The van der Waals surface area contributed by atoms with Gasteiger partial charge in [0.1, 0.15) is 11.2 Å². The van der Waals surface area contributed by atoms with Gasteiger partial charge in [0.05, 0.1) is 17.2 Å². The number of benzene rings is 2. The highest BCUT2D eigenvalue weighted by Crippen LogP contribution is 2.57. The predicted octanol–water partition coefficient (Wildman–Crippen LogP) is 5.30. The molecule has 1 aliphatic carbocycles. The van der Waals surface area contributed by atoms with Gasteiger partial charge in [-0.3, -0.25) is 9.59 Å². The number of carbonyl (C=O) groups is 2. The highest BCUT2D eigenvalue weighted by Gasteiger charge is 2.66. The number of aliphatic hydroxyl groups is 1. The van der Waals surface area contributed by atoms with Crippen molar-refractivity contribution in [1.29, 1.82) is 0 Å². The van der Waals surface area contributed by atoms with Crippen LogP contribution in [0.5, 0.6) is 0 Å². The van der Waals surface area contributed by atoms with Crippen molar-refractivity contribution in [2.24, 2.45) is 5.41 Å². The maximum atomic E-state index is 15.8. The van der Waals surface area contributed by atoms with Gasteiger partial charge in [-0.05, 0) is 66.8 Å². The number of anilines is 1. The summed E-state index contributed by atoms with van der Waals surface area (Å²) in [5, 5.41) is 19.9. The quantitative estimate of drug-likeness (QED) is 0.407. The van der Waals surface area contributed by atoms with Crippen molar-refractivity contribution in [1.82, 2.24) is 10.6 Å². The number of carbonyl (C=O) groups excluding carboxylic acids is 2. The zero-order valence-electron chi connectivity index (χ0n) is 21.8. The first-order chi connectivity index (χ1) is 17.9. The molecular weight excluding hydrogens is 528 g/mol. The molecule has 2 fully saturated rings. The number of hydrogen-bond acceptors (Lipinski definition) is 4. The van der Waals surface area contributed by atoms with E-state index >= 15 is 4.39 Å². The van der Waals surface area contributed by atoms with Crippen LogP contribution in [-0.2, 0) is 15.0 Å². The molecule has 4 atom stereocenters. The molecule has 2 aromatic rings. The number of hydrogen-bond donors (Lipinski definition) is 4. The Kier molecular flexibility index (Phi) is 7.27. The van der Waals surface area contributed by atoms with Gasteiger partial charge >= 0.3 is 0 Å². The average molecular weight is 563 g/mol. The molecule has 9 heteroatoms. The normalized spacial score (nSPS) is 30.8. The van der Waals surface area contributed by atoms with Crippen molar-refractivity contribution in [3.8, 4) is 0 Å². The molecule has 6 nitrogen and oxygen atoms in total. The van der Waals surface area contributed by atoms with Crippen LogP contribution in [0.3, 0.4) is 0 Å². The van der Waals surface area contributed by atoms with Gasteiger partial charge in [-0.2, -0.15) is 0 Å². The average Bonchev–Trinajstić information content (AvgIpc) is 3.31. The first-order valence-corrected chi connectivity index (χ1v) is 14.0. The topological polar surface area (TPSA) is 90.5 Å². The Balaban J connectivity index is 1.67. The van der Waals surface area contributed by atoms with Gasteiger partial charge in [-0.25, -0.2) is 4.39 Å². The summed E-state index contributed by atoms with van der Waals surface area (Å²) in [7, 11) is 0. The Bertz CT molecular complexity index is 1260. The zero-order valence-corrected chi connectivity index (χ0v) is 23.3. The van der Waals surface area contributed by atoms with Crippen LogP contribution in [-0.4, -0.2) is 41.2 Å². The molecule has 5 rings (SSSR count). The van der Waals surface area contributed by atoms with Crippen LogP contribution >= 0.6 is 23.2 Å². The minimum absolute atomic E-state index is 0.0629. The lowest BCUT2D eigenvalue weighted by atomic mass is 9.62. The molecule has 2 amide bonds. The van der Waals surface area contributed by atoms with Gasteiger partial charge in [0.25, 0.3) is 0 Å². The van der Waals surface area contributed by atoms with E-state index in [9.17, 15) is 14.7 Å². The fraction of sp³-hybridized carbons (Fsp3) is 0.517. The summed E-state index contributed by atoms with van der Waals surface area (Å²) in [5.41, 5.74) is -0.00278. The van der Waals surface area contributed by atoms with Crippen molar-refractivity contribution in [2.45, 2.75) is 88.4 Å². The van der Waals surface area contributed by atoms with Crippen LogP contribution in [0.1, 0.15) is 69.9 Å². The van der Waals surface area contributed by atoms with E-state index in [4.69, 9.17) is 23.2 Å². The lowest BCUT2D eigenvalue weighted by molar-refractivity contribution is -0.124. The van der Waals surface area contributed by atoms with E-state index in [0.29, 0.717) is 48.4 Å². The van der Waals surface area contributed by atoms with Gasteiger partial charge in [0.2, 0.25) is 11.8 Å². The lowest BCUT2D eigenvalue weighted by Crippen LogP contribution is -2.50. The maximum absolute atomic E-state index is 15.8. The number of rotatable bonds is 4. The summed E-state index contributed by atoms with van der Waals surface area (Å²) in [5.74, 6) is -2.09. The lowest BCUT2D eigenvalue weighted by Gasteiger charge is -2.38. The third-order valence-corrected chi connectivity index (χ3v) is 8.79. The standard InChI is InChI=1S/C29H34Cl2FN3O3/c1-28(2,3)14-22-29(19-12-7-15(30)13-21(19)34-27(29)38)23(18-5-4-6-20(31)24(18)32)25(35-22)26(37)33-16-8-10-17(36)11-9-16/h4-7,12-13,16-17,22-23,25,35-36H,8-11,14H2,1-3H3,(H,33,37)(H,34,38)/t16-,17+,22-,23-,25+,29+/m0/s1. The molecule has 0 bridgehead atoms. The van der Waals surface area contributed by atoms with Gasteiger partial charge < -0.3 is 21.1 Å². The predicted molar refractivity (Wildman–Crippen MR) is 147 cm³/mol. The summed E-state index contributed by atoms with van der Waals surface area (Å²) >= 11 is 12.5. The van der Waals surface area contributed by atoms with Crippen LogP contribution in [0.2, 0.25) is 10.0 Å². The summed E-state index contributed by atoms with van der Waals surface area (Å²) < 4.78 is 15.8. The number of amides is 2. The molecule has 3 aliphatic rings. The van der Waals surface area contributed by atoms with Crippen LogP contribution in [0.15, 0.2) is 36.4 Å². The van der Waals surface area contributed by atoms with Gasteiger partial charge in [-0.1, -0.05) is 62.2 Å². The number of fused-ring (bicyclic) bond motifs is 2. The van der Waals surface area contributed by atoms with Gasteiger partial charge in [-0.15, -0.1) is 0 Å². The van der Waals surface area contributed by atoms with E-state index in [2.05, 4.69) is 36.7 Å². The maximum Gasteiger partial charge on any atom is 0.238 e. The molecule has 0 unspecified atom stereocenters. The summed E-state index contributed by atoms with van der Waals surface area (Å²) in [6.07, 6.45) is 2.75. The molecule has 2 aliphatic heterocycles. The Morgan fingerprint density at radius 3 is 2.55 bits per heavy atom. The molecule has 204 valence electrons. The van der Waals surface area contributed by atoms with Crippen molar-refractivity contribution >= 4 is 40.7 Å². The van der Waals surface area contributed by atoms with Crippen molar-refractivity contribution in [3.63, 3.8) is 0 Å². The Morgan fingerprint density at radius 2 is 1.87 bits per heavy atom. The second-order valence-electron chi connectivity index (χ2n) is 12.1. The van der Waals surface area contributed by atoms with Crippen LogP contribution in [0.25, 0.3) is 0 Å². The molecule has 2 aromatic carbocycles. The zero-order chi connectivity index (χ0) is 27.4. The fourth-order valence-electron chi connectivity index (χ4n) is 6.66. The third-order valence-electron chi connectivity index (χ3n) is 8.26. The summed E-state index contributed by atoms with van der Waals surface area (Å²) in [6.45, 7) is 6.23. The van der Waals surface area contributed by atoms with E-state index < -0.39 is 29.2 Å². The smallest absolute Gasteiger partial charge is 0.238 e. The minimum Gasteiger partial charge on any atom is -0.393 e. The minimum atomic E-state index is -1.27. The third kappa shape index (κ3) is 4.72. The van der Waals surface area contributed by atoms with Gasteiger partial charge in [0, 0.05) is 28.7 Å². The van der Waals surface area contributed by atoms with Crippen molar-refractivity contribution in [2.75, 3.05) is 5.32 Å². The van der Waals surface area contributed by atoms with E-state index in [1.54, 1.807) is 24.3 Å². The number of aliphatic hydroxyl groups excluding tert-OH is 1. The number of halogens is 3. The first kappa shape index (κ1) is 27.4.